The Morgan fingerprint density at radius 1 is 1.57 bits per heavy atom. The van der Waals surface area contributed by atoms with E-state index < -0.39 is 5.60 Å². The van der Waals surface area contributed by atoms with Crippen LogP contribution < -0.4 is 5.73 Å². The van der Waals surface area contributed by atoms with Gasteiger partial charge in [0.1, 0.15) is 5.82 Å². The second-order valence-corrected chi connectivity index (χ2v) is 4.20. The van der Waals surface area contributed by atoms with Crippen molar-refractivity contribution in [1.82, 2.24) is 9.55 Å². The van der Waals surface area contributed by atoms with Gasteiger partial charge < -0.3 is 15.4 Å². The van der Waals surface area contributed by atoms with Crippen molar-refractivity contribution in [2.24, 2.45) is 5.73 Å². The lowest BCUT2D eigenvalue weighted by Gasteiger charge is -2.32. The first-order valence-corrected chi connectivity index (χ1v) is 5.01. The number of aromatic nitrogens is 2. The molecule has 14 heavy (non-hydrogen) atoms. The molecule has 1 atom stereocenters. The van der Waals surface area contributed by atoms with Gasteiger partial charge in [0.15, 0.2) is 0 Å². The van der Waals surface area contributed by atoms with Crippen molar-refractivity contribution in [3.8, 4) is 0 Å². The Balaban J connectivity index is 2.39. The molecule has 0 amide bonds. The van der Waals surface area contributed by atoms with Gasteiger partial charge in [0, 0.05) is 25.2 Å². The number of aliphatic hydroxyl groups is 1. The third-order valence-corrected chi connectivity index (χ3v) is 3.14. The molecule has 4 heteroatoms. The molecular weight excluding hydrogens is 178 g/mol. The molecule has 0 aliphatic carbocycles. The van der Waals surface area contributed by atoms with Gasteiger partial charge in [0.05, 0.1) is 11.3 Å². The van der Waals surface area contributed by atoms with E-state index >= 15 is 0 Å². The SMILES string of the molecule is Cc1nc(C)n2c1CC(O)(CN)CC2. The van der Waals surface area contributed by atoms with Gasteiger partial charge in [-0.3, -0.25) is 0 Å². The summed E-state index contributed by atoms with van der Waals surface area (Å²) < 4.78 is 2.18. The Hall–Kier alpha value is -0.870. The van der Waals surface area contributed by atoms with Gasteiger partial charge in [-0.2, -0.15) is 0 Å². The van der Waals surface area contributed by atoms with Crippen molar-refractivity contribution < 1.29 is 5.11 Å². The first kappa shape index (κ1) is 9.68. The van der Waals surface area contributed by atoms with E-state index in [1.165, 1.54) is 0 Å². The fraction of sp³-hybridized carbons (Fsp3) is 0.700. The smallest absolute Gasteiger partial charge is 0.106 e. The lowest BCUT2D eigenvalue weighted by Crippen LogP contribution is -2.44. The average molecular weight is 195 g/mol. The average Bonchev–Trinajstić information content (AvgIpc) is 2.42. The van der Waals surface area contributed by atoms with E-state index in [2.05, 4.69) is 9.55 Å². The van der Waals surface area contributed by atoms with Crippen LogP contribution >= 0.6 is 0 Å². The lowest BCUT2D eigenvalue weighted by atomic mass is 9.90. The second-order valence-electron chi connectivity index (χ2n) is 4.20. The molecule has 1 aliphatic rings. The summed E-state index contributed by atoms with van der Waals surface area (Å²) >= 11 is 0. The maximum atomic E-state index is 10.1. The van der Waals surface area contributed by atoms with Crippen LogP contribution in [0.3, 0.4) is 0 Å². The fourth-order valence-corrected chi connectivity index (χ4v) is 2.17. The molecule has 4 nitrogen and oxygen atoms in total. The van der Waals surface area contributed by atoms with E-state index in [0.717, 1.165) is 30.2 Å². The topological polar surface area (TPSA) is 64.1 Å². The Morgan fingerprint density at radius 2 is 2.29 bits per heavy atom. The third kappa shape index (κ3) is 1.35. The van der Waals surface area contributed by atoms with Crippen molar-refractivity contribution >= 4 is 0 Å². The number of nitrogens with two attached hydrogens (primary N) is 1. The van der Waals surface area contributed by atoms with Crippen molar-refractivity contribution in [2.75, 3.05) is 6.54 Å². The van der Waals surface area contributed by atoms with Crippen molar-refractivity contribution in [3.05, 3.63) is 17.2 Å². The van der Waals surface area contributed by atoms with Crippen LogP contribution in [0.25, 0.3) is 0 Å². The van der Waals surface area contributed by atoms with Crippen molar-refractivity contribution in [1.29, 1.82) is 0 Å². The molecule has 0 spiro atoms. The summed E-state index contributed by atoms with van der Waals surface area (Å²) in [7, 11) is 0. The highest BCUT2D eigenvalue weighted by Gasteiger charge is 2.32. The van der Waals surface area contributed by atoms with E-state index in [1.54, 1.807) is 0 Å². The summed E-state index contributed by atoms with van der Waals surface area (Å²) in [6.45, 7) is 5.15. The number of hydrogen-bond donors (Lipinski definition) is 2. The molecule has 1 aromatic heterocycles. The summed E-state index contributed by atoms with van der Waals surface area (Å²) in [6, 6.07) is 0. The molecule has 2 rings (SSSR count). The van der Waals surface area contributed by atoms with Gasteiger partial charge in [-0.1, -0.05) is 0 Å². The van der Waals surface area contributed by atoms with E-state index in [-0.39, 0.29) is 0 Å². The fourth-order valence-electron chi connectivity index (χ4n) is 2.17. The Morgan fingerprint density at radius 3 is 2.93 bits per heavy atom. The number of nitrogens with zero attached hydrogens (tertiary/aromatic N) is 2. The molecule has 0 bridgehead atoms. The molecule has 1 aliphatic heterocycles. The summed E-state index contributed by atoms with van der Waals surface area (Å²) in [5, 5.41) is 10.1. The van der Waals surface area contributed by atoms with E-state index in [4.69, 9.17) is 5.73 Å². The molecule has 0 aromatic carbocycles. The van der Waals surface area contributed by atoms with E-state index in [0.29, 0.717) is 13.0 Å². The molecular formula is C10H17N3O. The minimum absolute atomic E-state index is 0.330. The first-order valence-electron chi connectivity index (χ1n) is 5.01. The molecule has 3 N–H and O–H groups in total. The van der Waals surface area contributed by atoms with Gasteiger partial charge >= 0.3 is 0 Å². The van der Waals surface area contributed by atoms with Gasteiger partial charge in [-0.25, -0.2) is 4.98 Å². The zero-order valence-corrected chi connectivity index (χ0v) is 8.75. The Labute approximate surface area is 83.8 Å². The zero-order chi connectivity index (χ0) is 10.3. The monoisotopic (exact) mass is 195 g/mol. The summed E-state index contributed by atoms with van der Waals surface area (Å²) in [6.07, 6.45) is 1.36. The minimum Gasteiger partial charge on any atom is -0.388 e. The van der Waals surface area contributed by atoms with Crippen LogP contribution in [0.1, 0.15) is 23.6 Å². The van der Waals surface area contributed by atoms with E-state index in [1.807, 2.05) is 13.8 Å². The maximum absolute atomic E-state index is 10.1. The minimum atomic E-state index is -0.715. The third-order valence-electron chi connectivity index (χ3n) is 3.14. The molecule has 2 heterocycles. The number of imidazole rings is 1. The molecule has 0 radical (unpaired) electrons. The van der Waals surface area contributed by atoms with Crippen molar-refractivity contribution in [3.63, 3.8) is 0 Å². The number of fused-ring (bicyclic) bond motifs is 1. The largest absolute Gasteiger partial charge is 0.388 e. The van der Waals surface area contributed by atoms with Crippen LogP contribution in [0.4, 0.5) is 0 Å². The molecule has 0 fully saturated rings. The van der Waals surface area contributed by atoms with Gasteiger partial charge in [0.25, 0.3) is 0 Å². The van der Waals surface area contributed by atoms with E-state index in [9.17, 15) is 5.11 Å². The van der Waals surface area contributed by atoms with Crippen LogP contribution in [0, 0.1) is 13.8 Å². The maximum Gasteiger partial charge on any atom is 0.106 e. The molecule has 1 unspecified atom stereocenters. The quantitative estimate of drug-likeness (QED) is 0.669. The molecule has 0 saturated carbocycles. The predicted molar refractivity (Wildman–Crippen MR) is 54.0 cm³/mol. The summed E-state index contributed by atoms with van der Waals surface area (Å²) in [4.78, 5) is 4.40. The normalized spacial score (nSPS) is 26.3. The van der Waals surface area contributed by atoms with Crippen molar-refractivity contribution in [2.45, 2.75) is 38.8 Å². The van der Waals surface area contributed by atoms with Crippen LogP contribution in [0.2, 0.25) is 0 Å². The van der Waals surface area contributed by atoms with Crippen LogP contribution in [0.15, 0.2) is 0 Å². The number of rotatable bonds is 1. The summed E-state index contributed by atoms with van der Waals surface area (Å²) in [5.41, 5.74) is 7.02. The number of hydrogen-bond acceptors (Lipinski definition) is 3. The zero-order valence-electron chi connectivity index (χ0n) is 8.75. The van der Waals surface area contributed by atoms with Gasteiger partial charge in [-0.05, 0) is 20.3 Å². The Kier molecular flexibility index (Phi) is 2.12. The van der Waals surface area contributed by atoms with Crippen LogP contribution in [-0.4, -0.2) is 26.8 Å². The molecule has 78 valence electrons. The van der Waals surface area contributed by atoms with Crippen LogP contribution in [0.5, 0.6) is 0 Å². The molecule has 0 saturated heterocycles. The summed E-state index contributed by atoms with van der Waals surface area (Å²) in [5.74, 6) is 1.04. The predicted octanol–water partition coefficient (Wildman–Crippen LogP) is 0.136. The molecule has 1 aromatic rings. The van der Waals surface area contributed by atoms with Gasteiger partial charge in [-0.15, -0.1) is 0 Å². The lowest BCUT2D eigenvalue weighted by molar-refractivity contribution is 0.0237. The van der Waals surface area contributed by atoms with Gasteiger partial charge in [0.2, 0.25) is 0 Å². The Bertz CT molecular complexity index is 358. The number of aryl methyl sites for hydroxylation is 2. The second kappa shape index (κ2) is 3.07. The van der Waals surface area contributed by atoms with Crippen LogP contribution in [-0.2, 0) is 13.0 Å². The standard InChI is InChI=1S/C10H17N3O/c1-7-9-5-10(14,6-11)3-4-13(9)8(2)12-7/h14H,3-6,11H2,1-2H3. The highest BCUT2D eigenvalue weighted by molar-refractivity contribution is 5.20. The first-order chi connectivity index (χ1) is 6.56. The highest BCUT2D eigenvalue weighted by Crippen LogP contribution is 2.26. The highest BCUT2D eigenvalue weighted by atomic mass is 16.3.